The fourth-order valence-electron chi connectivity index (χ4n) is 12.2. The topological polar surface area (TPSA) is 51.8 Å². The molecule has 11 aromatic carbocycles. The normalized spacial score (nSPS) is 12.7. The first kappa shape index (κ1) is 42.0. The number of aromatic nitrogens is 3. The average Bonchev–Trinajstić information content (AvgIpc) is 4.14. The van der Waals surface area contributed by atoms with Gasteiger partial charge in [0.2, 0.25) is 0 Å². The average molecular weight is 942 g/mol. The molecule has 2 aromatic heterocycles. The van der Waals surface area contributed by atoms with Gasteiger partial charge in [-0.15, -0.1) is 0 Å². The molecule has 0 fully saturated rings. The Morgan fingerprint density at radius 3 is 1.41 bits per heavy atom. The summed E-state index contributed by atoms with van der Waals surface area (Å²) in [6, 6.07) is 93.4. The van der Waals surface area contributed by atoms with Gasteiger partial charge in [-0.05, 0) is 119 Å². The van der Waals surface area contributed by atoms with Crippen molar-refractivity contribution < 1.29 is 4.42 Å². The molecule has 1 spiro atoms. The summed E-state index contributed by atoms with van der Waals surface area (Å²) in [5.74, 6) is 1.76. The molecule has 4 nitrogen and oxygen atoms in total. The molecule has 0 unspecified atom stereocenters. The zero-order valence-electron chi connectivity index (χ0n) is 40.1. The highest BCUT2D eigenvalue weighted by atomic mass is 16.3. The van der Waals surface area contributed by atoms with E-state index in [-0.39, 0.29) is 0 Å². The molecule has 74 heavy (non-hydrogen) atoms. The number of rotatable bonds is 7. The van der Waals surface area contributed by atoms with Gasteiger partial charge in [0.1, 0.15) is 11.2 Å². The van der Waals surface area contributed by atoms with Gasteiger partial charge in [0, 0.05) is 27.5 Å². The lowest BCUT2D eigenvalue weighted by Gasteiger charge is -2.32. The van der Waals surface area contributed by atoms with Gasteiger partial charge in [0.15, 0.2) is 17.5 Å². The maximum atomic E-state index is 6.69. The van der Waals surface area contributed by atoms with E-state index in [1.807, 2.05) is 24.3 Å². The lowest BCUT2D eigenvalue weighted by molar-refractivity contribution is 0.669. The molecule has 0 atom stereocenters. The van der Waals surface area contributed by atoms with E-state index in [0.29, 0.717) is 17.5 Å². The Bertz CT molecular complexity index is 4320. The molecule has 0 amide bonds. The van der Waals surface area contributed by atoms with E-state index in [1.54, 1.807) is 0 Å². The quantitative estimate of drug-likeness (QED) is 0.160. The van der Waals surface area contributed by atoms with Crippen molar-refractivity contribution in [3.8, 4) is 101 Å². The molecule has 0 N–H and O–H groups in total. The summed E-state index contributed by atoms with van der Waals surface area (Å²) in [6.45, 7) is 0. The Kier molecular flexibility index (Phi) is 9.45. The highest BCUT2D eigenvalue weighted by Crippen LogP contribution is 2.64. The van der Waals surface area contributed by atoms with Crippen molar-refractivity contribution in [2.45, 2.75) is 5.41 Å². The van der Waals surface area contributed by atoms with Crippen LogP contribution in [-0.4, -0.2) is 15.0 Å². The smallest absolute Gasteiger partial charge is 0.164 e. The molecule has 0 saturated carbocycles. The third-order valence-corrected chi connectivity index (χ3v) is 15.4. The molecule has 0 bridgehead atoms. The molecule has 0 saturated heterocycles. The van der Waals surface area contributed by atoms with E-state index >= 15 is 0 Å². The molecule has 2 aliphatic carbocycles. The van der Waals surface area contributed by atoms with Crippen LogP contribution >= 0.6 is 0 Å². The first-order valence-corrected chi connectivity index (χ1v) is 25.2. The number of hydrogen-bond donors (Lipinski definition) is 0. The number of benzene rings is 11. The highest BCUT2D eigenvalue weighted by molar-refractivity contribution is 6.13. The SMILES string of the molecule is c1ccc(-c2cccc(-c3nc(-c4ccccc4-c4ccccc4)nc(-c4cccc5oc6ccc(-c7cccc(-c8cccc9c8C8(c%10ccccc%10-c%10ccccc%108)c8ccccc8-9)c7)cc6c45)n3)c2)cc1. The summed E-state index contributed by atoms with van der Waals surface area (Å²) in [5, 5.41) is 1.95. The molecule has 0 aliphatic heterocycles. The molecule has 2 heterocycles. The van der Waals surface area contributed by atoms with Crippen LogP contribution in [0.2, 0.25) is 0 Å². The largest absolute Gasteiger partial charge is 0.456 e. The molecule has 0 radical (unpaired) electrons. The van der Waals surface area contributed by atoms with Gasteiger partial charge in [-0.1, -0.05) is 231 Å². The van der Waals surface area contributed by atoms with Gasteiger partial charge in [-0.3, -0.25) is 0 Å². The van der Waals surface area contributed by atoms with Crippen LogP contribution in [0.15, 0.2) is 265 Å². The van der Waals surface area contributed by atoms with Crippen molar-refractivity contribution in [2.24, 2.45) is 0 Å². The van der Waals surface area contributed by atoms with Crippen LogP contribution in [0.3, 0.4) is 0 Å². The Balaban J connectivity index is 0.895. The second-order valence-corrected chi connectivity index (χ2v) is 19.4. The third-order valence-electron chi connectivity index (χ3n) is 15.4. The van der Waals surface area contributed by atoms with Crippen LogP contribution in [0.4, 0.5) is 0 Å². The van der Waals surface area contributed by atoms with E-state index in [0.717, 1.165) is 72.0 Å². The second kappa shape index (κ2) is 16.7. The van der Waals surface area contributed by atoms with Crippen LogP contribution in [0.5, 0.6) is 0 Å². The maximum absolute atomic E-state index is 6.69. The van der Waals surface area contributed by atoms with E-state index in [4.69, 9.17) is 19.4 Å². The Morgan fingerprint density at radius 1 is 0.257 bits per heavy atom. The van der Waals surface area contributed by atoms with Crippen molar-refractivity contribution >= 4 is 21.9 Å². The summed E-state index contributed by atoms with van der Waals surface area (Å²) in [7, 11) is 0. The highest BCUT2D eigenvalue weighted by Gasteiger charge is 2.52. The van der Waals surface area contributed by atoms with E-state index < -0.39 is 5.41 Å². The van der Waals surface area contributed by atoms with Crippen molar-refractivity contribution in [2.75, 3.05) is 0 Å². The van der Waals surface area contributed by atoms with Gasteiger partial charge in [-0.2, -0.15) is 0 Å². The van der Waals surface area contributed by atoms with Crippen LogP contribution < -0.4 is 0 Å². The lowest BCUT2D eigenvalue weighted by atomic mass is 9.68. The Labute approximate surface area is 428 Å². The summed E-state index contributed by atoms with van der Waals surface area (Å²) in [4.78, 5) is 16.0. The summed E-state index contributed by atoms with van der Waals surface area (Å²) < 4.78 is 6.69. The van der Waals surface area contributed by atoms with Crippen LogP contribution in [-0.2, 0) is 5.41 Å². The first-order chi connectivity index (χ1) is 36.7. The number of nitrogens with zero attached hydrogens (tertiary/aromatic N) is 3. The summed E-state index contributed by atoms with van der Waals surface area (Å²) in [5.41, 5.74) is 23.3. The molecular weight excluding hydrogens is 899 g/mol. The molecule has 13 aromatic rings. The van der Waals surface area contributed by atoms with Crippen molar-refractivity contribution in [1.29, 1.82) is 0 Å². The zero-order chi connectivity index (χ0) is 48.7. The van der Waals surface area contributed by atoms with Crippen molar-refractivity contribution in [1.82, 2.24) is 15.0 Å². The predicted octanol–water partition coefficient (Wildman–Crippen LogP) is 17.8. The lowest BCUT2D eigenvalue weighted by Crippen LogP contribution is -2.26. The molecule has 4 heteroatoms. The minimum absolute atomic E-state index is 0.459. The standard InChI is InChI=1S/C70H43N3O/c1-3-19-44(20-4-1)46-23-16-26-50(42-46)67-71-68(57-31-8-7-27-51(57)45-21-5-2-6-22-45)73-69(72-67)58-34-18-38-64-65(58)59-43-48(39-40-63(59)74-64)47-24-15-25-49(41-47)52-32-17-33-56-55-30-11-14-37-62(55)70(66(52)56)60-35-12-9-28-53(60)54-29-10-13-36-61(54)70/h1-43H. The molecule has 15 rings (SSSR count). The van der Waals surface area contributed by atoms with Crippen LogP contribution in [0.25, 0.3) is 123 Å². The first-order valence-electron chi connectivity index (χ1n) is 25.2. The maximum Gasteiger partial charge on any atom is 0.164 e. The van der Waals surface area contributed by atoms with E-state index in [1.165, 1.54) is 55.6 Å². The molecule has 2 aliphatic rings. The summed E-state index contributed by atoms with van der Waals surface area (Å²) >= 11 is 0. The Hall–Kier alpha value is -9.77. The summed E-state index contributed by atoms with van der Waals surface area (Å²) in [6.07, 6.45) is 0. The zero-order valence-corrected chi connectivity index (χ0v) is 40.1. The van der Waals surface area contributed by atoms with Gasteiger partial charge < -0.3 is 4.42 Å². The van der Waals surface area contributed by atoms with Gasteiger partial charge in [0.25, 0.3) is 0 Å². The minimum Gasteiger partial charge on any atom is -0.456 e. The third kappa shape index (κ3) is 6.38. The monoisotopic (exact) mass is 941 g/mol. The molecule has 344 valence electrons. The molecular formula is C70H43N3O. The minimum atomic E-state index is -0.459. The van der Waals surface area contributed by atoms with Crippen molar-refractivity contribution in [3.05, 3.63) is 283 Å². The fraction of sp³-hybridized carbons (Fsp3) is 0.0143. The fourth-order valence-corrected chi connectivity index (χ4v) is 12.2. The van der Waals surface area contributed by atoms with E-state index in [2.05, 4.69) is 237 Å². The van der Waals surface area contributed by atoms with Crippen LogP contribution in [0.1, 0.15) is 22.3 Å². The number of fused-ring (bicyclic) bond motifs is 13. The second-order valence-electron chi connectivity index (χ2n) is 19.4. The number of hydrogen-bond acceptors (Lipinski definition) is 4. The number of furan rings is 1. The predicted molar refractivity (Wildman–Crippen MR) is 301 cm³/mol. The van der Waals surface area contributed by atoms with Crippen molar-refractivity contribution in [3.63, 3.8) is 0 Å². The van der Waals surface area contributed by atoms with Crippen LogP contribution in [0, 0.1) is 0 Å². The van der Waals surface area contributed by atoms with Gasteiger partial charge in [0.05, 0.1) is 5.41 Å². The Morgan fingerprint density at radius 2 is 0.703 bits per heavy atom. The van der Waals surface area contributed by atoms with Gasteiger partial charge >= 0.3 is 0 Å². The van der Waals surface area contributed by atoms with Gasteiger partial charge in [-0.25, -0.2) is 15.0 Å². The van der Waals surface area contributed by atoms with E-state index in [9.17, 15) is 0 Å².